The van der Waals surface area contributed by atoms with Crippen molar-refractivity contribution in [1.82, 2.24) is 15.5 Å². The number of benzene rings is 1. The molecule has 4 amide bonds. The van der Waals surface area contributed by atoms with Crippen LogP contribution in [0.1, 0.15) is 46.1 Å². The van der Waals surface area contributed by atoms with Crippen LogP contribution >= 0.6 is 0 Å². The molecule has 1 aliphatic heterocycles. The van der Waals surface area contributed by atoms with Crippen LogP contribution in [0.25, 0.3) is 0 Å². The van der Waals surface area contributed by atoms with Crippen molar-refractivity contribution in [3.8, 4) is 0 Å². The molecule has 2 atom stereocenters. The van der Waals surface area contributed by atoms with Crippen LogP contribution in [0, 0.1) is 5.41 Å². The number of hydrogen-bond donors (Lipinski definition) is 3. The number of amides is 4. The first-order valence-electron chi connectivity index (χ1n) is 10.6. The number of aliphatic hydroxyl groups is 1. The van der Waals surface area contributed by atoms with E-state index in [1.807, 2.05) is 6.07 Å². The molecule has 1 aromatic carbocycles. The van der Waals surface area contributed by atoms with Crippen molar-refractivity contribution in [2.75, 3.05) is 20.2 Å². The molecule has 0 aliphatic carbocycles. The van der Waals surface area contributed by atoms with Crippen LogP contribution in [-0.2, 0) is 25.5 Å². The molecular weight excluding hydrogens is 414 g/mol. The molecule has 0 unspecified atom stereocenters. The van der Waals surface area contributed by atoms with Crippen LogP contribution in [-0.4, -0.2) is 65.2 Å². The quantitative estimate of drug-likeness (QED) is 0.517. The number of aliphatic hydroxyl groups excluding tert-OH is 1. The lowest BCUT2D eigenvalue weighted by Gasteiger charge is -2.50. The molecular formula is C23H33N3O6. The van der Waals surface area contributed by atoms with E-state index in [2.05, 4.69) is 10.6 Å². The number of imide groups is 1. The van der Waals surface area contributed by atoms with E-state index in [0.29, 0.717) is 5.56 Å². The number of nitrogens with zero attached hydrogens (tertiary/aromatic N) is 1. The Labute approximate surface area is 188 Å². The normalized spacial score (nSPS) is 18.0. The summed E-state index contributed by atoms with van der Waals surface area (Å²) in [6.45, 7) is 5.91. The van der Waals surface area contributed by atoms with Crippen LogP contribution in [0.3, 0.4) is 0 Å². The lowest BCUT2D eigenvalue weighted by molar-refractivity contribution is -0.164. The molecule has 9 nitrogen and oxygen atoms in total. The highest BCUT2D eigenvalue weighted by molar-refractivity contribution is 6.07. The monoisotopic (exact) mass is 447 g/mol. The number of likely N-dealkylation sites (N-methyl/N-ethyl adjacent to an activating group) is 1. The van der Waals surface area contributed by atoms with E-state index in [1.165, 1.54) is 7.05 Å². The Morgan fingerprint density at radius 1 is 1.06 bits per heavy atom. The van der Waals surface area contributed by atoms with Gasteiger partial charge in [0.15, 0.2) is 0 Å². The van der Waals surface area contributed by atoms with E-state index >= 15 is 0 Å². The van der Waals surface area contributed by atoms with Crippen molar-refractivity contribution in [3.63, 3.8) is 0 Å². The molecule has 1 heterocycles. The summed E-state index contributed by atoms with van der Waals surface area (Å²) in [6.07, 6.45) is -0.805. The van der Waals surface area contributed by atoms with Gasteiger partial charge in [0.1, 0.15) is 11.1 Å². The average Bonchev–Trinajstić information content (AvgIpc) is 3.07. The lowest BCUT2D eigenvalue weighted by Crippen LogP contribution is -2.72. The average molecular weight is 448 g/mol. The Hall–Kier alpha value is -2.94. The van der Waals surface area contributed by atoms with Crippen molar-refractivity contribution < 1.29 is 29.0 Å². The van der Waals surface area contributed by atoms with Gasteiger partial charge in [0.25, 0.3) is 0 Å². The Bertz CT molecular complexity index is 850. The first kappa shape index (κ1) is 25.3. The van der Waals surface area contributed by atoms with Gasteiger partial charge in [-0.25, -0.2) is 4.79 Å². The van der Waals surface area contributed by atoms with Crippen LogP contribution in [0.15, 0.2) is 30.3 Å². The molecule has 0 saturated carbocycles. The SMILES string of the molecule is CNC(=O)[C@](Cc1ccccc1)(N1C(=O)CCC1=O)[C@](C)(CO)CNC(=O)OC(C)(C)C. The second kappa shape index (κ2) is 9.68. The van der Waals surface area contributed by atoms with Gasteiger partial charge in [0.05, 0.1) is 6.61 Å². The molecule has 1 aromatic rings. The zero-order valence-corrected chi connectivity index (χ0v) is 19.4. The third kappa shape index (κ3) is 5.09. The van der Waals surface area contributed by atoms with Gasteiger partial charge in [0, 0.05) is 38.3 Å². The summed E-state index contributed by atoms with van der Waals surface area (Å²) < 4.78 is 5.28. The topological polar surface area (TPSA) is 125 Å². The second-order valence-corrected chi connectivity index (χ2v) is 9.30. The zero-order valence-electron chi connectivity index (χ0n) is 19.4. The summed E-state index contributed by atoms with van der Waals surface area (Å²) in [7, 11) is 1.41. The Morgan fingerprint density at radius 2 is 1.62 bits per heavy atom. The molecule has 0 aromatic heterocycles. The highest BCUT2D eigenvalue weighted by Gasteiger charge is 2.61. The van der Waals surface area contributed by atoms with E-state index in [-0.39, 0.29) is 25.8 Å². The predicted octanol–water partition coefficient (Wildman–Crippen LogP) is 1.39. The molecule has 176 valence electrons. The maximum Gasteiger partial charge on any atom is 0.407 e. The number of likely N-dealkylation sites (tertiary alicyclic amines) is 1. The highest BCUT2D eigenvalue weighted by Crippen LogP contribution is 2.42. The molecule has 1 saturated heterocycles. The van der Waals surface area contributed by atoms with E-state index in [4.69, 9.17) is 4.74 Å². The summed E-state index contributed by atoms with van der Waals surface area (Å²) in [5.41, 5.74) is -3.25. The molecule has 1 fully saturated rings. The van der Waals surface area contributed by atoms with Crippen LogP contribution in [0.2, 0.25) is 0 Å². The number of carbonyl (C=O) groups is 4. The van der Waals surface area contributed by atoms with E-state index in [9.17, 15) is 24.3 Å². The van der Waals surface area contributed by atoms with Crippen LogP contribution in [0.5, 0.6) is 0 Å². The second-order valence-electron chi connectivity index (χ2n) is 9.30. The molecule has 0 radical (unpaired) electrons. The third-order valence-electron chi connectivity index (χ3n) is 5.71. The van der Waals surface area contributed by atoms with Gasteiger partial charge in [-0.05, 0) is 26.3 Å². The summed E-state index contributed by atoms with van der Waals surface area (Å²) in [4.78, 5) is 52.5. The number of nitrogens with one attached hydrogen (secondary N) is 2. The fraction of sp³-hybridized carbons (Fsp3) is 0.565. The largest absolute Gasteiger partial charge is 0.444 e. The summed E-state index contributed by atoms with van der Waals surface area (Å²) in [5.74, 6) is -1.59. The zero-order chi connectivity index (χ0) is 24.2. The van der Waals surface area contributed by atoms with Crippen LogP contribution < -0.4 is 10.6 Å². The van der Waals surface area contributed by atoms with Gasteiger partial charge < -0.3 is 20.5 Å². The Balaban J connectivity index is 2.59. The summed E-state index contributed by atoms with van der Waals surface area (Å²) in [5, 5.41) is 15.7. The molecule has 0 spiro atoms. The first-order valence-corrected chi connectivity index (χ1v) is 10.6. The lowest BCUT2D eigenvalue weighted by atomic mass is 9.66. The smallest absolute Gasteiger partial charge is 0.407 e. The molecule has 9 heteroatoms. The van der Waals surface area contributed by atoms with Gasteiger partial charge in [0.2, 0.25) is 17.7 Å². The summed E-state index contributed by atoms with van der Waals surface area (Å²) in [6, 6.07) is 8.94. The Kier molecular flexibility index (Phi) is 7.66. The first-order chi connectivity index (χ1) is 14.9. The predicted molar refractivity (Wildman–Crippen MR) is 117 cm³/mol. The molecule has 32 heavy (non-hydrogen) atoms. The van der Waals surface area contributed by atoms with Crippen LogP contribution in [0.4, 0.5) is 4.79 Å². The summed E-state index contributed by atoms with van der Waals surface area (Å²) >= 11 is 0. The van der Waals surface area contributed by atoms with Gasteiger partial charge in [-0.1, -0.05) is 37.3 Å². The third-order valence-corrected chi connectivity index (χ3v) is 5.71. The minimum atomic E-state index is -1.78. The maximum absolute atomic E-state index is 13.5. The van der Waals surface area contributed by atoms with E-state index in [0.717, 1.165) is 4.90 Å². The van der Waals surface area contributed by atoms with E-state index in [1.54, 1.807) is 52.0 Å². The fourth-order valence-corrected chi connectivity index (χ4v) is 4.03. The van der Waals surface area contributed by atoms with Crippen molar-refractivity contribution in [2.45, 2.75) is 58.1 Å². The van der Waals surface area contributed by atoms with Gasteiger partial charge in [-0.3, -0.25) is 19.3 Å². The minimum Gasteiger partial charge on any atom is -0.444 e. The fourth-order valence-electron chi connectivity index (χ4n) is 4.03. The van der Waals surface area contributed by atoms with Crippen molar-refractivity contribution in [3.05, 3.63) is 35.9 Å². The molecule has 3 N–H and O–H groups in total. The van der Waals surface area contributed by atoms with Gasteiger partial charge in [-0.2, -0.15) is 0 Å². The highest BCUT2D eigenvalue weighted by atomic mass is 16.6. The Morgan fingerprint density at radius 3 is 2.09 bits per heavy atom. The number of alkyl carbamates (subject to hydrolysis) is 1. The number of rotatable bonds is 8. The van der Waals surface area contributed by atoms with Gasteiger partial charge in [-0.15, -0.1) is 0 Å². The number of carbonyl (C=O) groups excluding carboxylic acids is 4. The molecule has 1 aliphatic rings. The van der Waals surface area contributed by atoms with Crippen molar-refractivity contribution in [2.24, 2.45) is 5.41 Å². The standard InChI is InChI=1S/C23H33N3O6/c1-21(2,3)32-20(31)25-14-22(4,15-27)23(19(30)24-5,13-16-9-7-6-8-10-16)26-17(28)11-12-18(26)29/h6-10,27H,11-15H2,1-5H3,(H,24,30)(H,25,31)/t22-,23-/m0/s1. The van der Waals surface area contributed by atoms with Crippen molar-refractivity contribution in [1.29, 1.82) is 0 Å². The minimum absolute atomic E-state index is 0.0205. The number of hydrogen-bond acceptors (Lipinski definition) is 6. The van der Waals surface area contributed by atoms with E-state index < -0.39 is 47.0 Å². The molecule has 2 rings (SSSR count). The van der Waals surface area contributed by atoms with Crippen molar-refractivity contribution >= 4 is 23.8 Å². The maximum atomic E-state index is 13.5. The molecule has 0 bridgehead atoms. The number of ether oxygens (including phenoxy) is 1. The van der Waals surface area contributed by atoms with Gasteiger partial charge >= 0.3 is 6.09 Å².